The quantitative estimate of drug-likeness (QED) is 0.772. The summed E-state index contributed by atoms with van der Waals surface area (Å²) in [6, 6.07) is 0.234. The number of nitrogens with two attached hydrogens (primary N) is 1. The molecule has 1 aromatic rings. The third kappa shape index (κ3) is 3.28. The molecule has 0 aromatic carbocycles. The summed E-state index contributed by atoms with van der Waals surface area (Å²) in [5.41, 5.74) is 7.65. The van der Waals surface area contributed by atoms with Gasteiger partial charge in [-0.05, 0) is 12.3 Å². The summed E-state index contributed by atoms with van der Waals surface area (Å²) in [6.07, 6.45) is 1.92. The molecule has 0 aliphatic rings. The Morgan fingerprint density at radius 1 is 1.58 bits per heavy atom. The minimum Gasteiger partial charge on any atom is -0.327 e. The molecule has 0 aliphatic heterocycles. The lowest BCUT2D eigenvalue weighted by molar-refractivity contribution is 0.492. The van der Waals surface area contributed by atoms with Crippen molar-refractivity contribution in [1.82, 2.24) is 10.2 Å². The molecule has 68 valence electrons. The molecule has 0 saturated heterocycles. The molecule has 0 aliphatic carbocycles. The maximum Gasteiger partial charge on any atom is 0.118 e. The predicted octanol–water partition coefficient (Wildman–Crippen LogP) is 1.45. The van der Waals surface area contributed by atoms with E-state index >= 15 is 0 Å². The van der Waals surface area contributed by atoms with Gasteiger partial charge in [-0.1, -0.05) is 13.8 Å². The van der Waals surface area contributed by atoms with Gasteiger partial charge in [0.25, 0.3) is 0 Å². The van der Waals surface area contributed by atoms with Gasteiger partial charge < -0.3 is 5.73 Å². The van der Waals surface area contributed by atoms with E-state index in [1.807, 2.05) is 0 Å². The fourth-order valence-corrected chi connectivity index (χ4v) is 1.82. The molecule has 12 heavy (non-hydrogen) atoms. The smallest absolute Gasteiger partial charge is 0.118 e. The van der Waals surface area contributed by atoms with Crippen LogP contribution in [0.2, 0.25) is 0 Å². The monoisotopic (exact) mass is 185 g/mol. The lowest BCUT2D eigenvalue weighted by Gasteiger charge is -2.11. The van der Waals surface area contributed by atoms with Crippen molar-refractivity contribution in [2.75, 3.05) is 0 Å². The molecule has 0 spiro atoms. The first-order valence-electron chi connectivity index (χ1n) is 4.19. The van der Waals surface area contributed by atoms with Crippen LogP contribution in [-0.2, 0) is 6.42 Å². The van der Waals surface area contributed by atoms with Gasteiger partial charge in [-0.15, -0.1) is 21.5 Å². The van der Waals surface area contributed by atoms with E-state index in [-0.39, 0.29) is 6.04 Å². The molecule has 1 unspecified atom stereocenters. The summed E-state index contributed by atoms with van der Waals surface area (Å²) < 4.78 is 0. The van der Waals surface area contributed by atoms with Gasteiger partial charge >= 0.3 is 0 Å². The normalized spacial score (nSPS) is 13.7. The number of hydrogen-bond acceptors (Lipinski definition) is 4. The van der Waals surface area contributed by atoms with Crippen molar-refractivity contribution >= 4 is 11.3 Å². The maximum absolute atomic E-state index is 5.90. The minimum absolute atomic E-state index is 0.234. The van der Waals surface area contributed by atoms with Crippen molar-refractivity contribution in [1.29, 1.82) is 0 Å². The summed E-state index contributed by atoms with van der Waals surface area (Å²) in [5.74, 6) is 0.660. The number of hydrogen-bond donors (Lipinski definition) is 1. The van der Waals surface area contributed by atoms with Crippen LogP contribution in [0.15, 0.2) is 5.51 Å². The Bertz CT molecular complexity index is 208. The summed E-state index contributed by atoms with van der Waals surface area (Å²) in [6.45, 7) is 4.36. The van der Waals surface area contributed by atoms with Crippen LogP contribution in [0.25, 0.3) is 0 Å². The molecule has 1 aromatic heterocycles. The van der Waals surface area contributed by atoms with Gasteiger partial charge in [0.2, 0.25) is 0 Å². The first-order chi connectivity index (χ1) is 5.68. The molecule has 1 rings (SSSR count). The summed E-state index contributed by atoms with van der Waals surface area (Å²) in [5, 5.41) is 8.76. The highest BCUT2D eigenvalue weighted by atomic mass is 32.1. The van der Waals surface area contributed by atoms with Crippen LogP contribution >= 0.6 is 11.3 Å². The fourth-order valence-electron chi connectivity index (χ4n) is 1.20. The van der Waals surface area contributed by atoms with Crippen molar-refractivity contribution < 1.29 is 0 Å². The topological polar surface area (TPSA) is 51.8 Å². The zero-order valence-corrected chi connectivity index (χ0v) is 8.34. The van der Waals surface area contributed by atoms with Gasteiger partial charge in [0.1, 0.15) is 10.5 Å². The van der Waals surface area contributed by atoms with Gasteiger partial charge in [0.15, 0.2) is 0 Å². The number of nitrogens with zero attached hydrogens (tertiary/aromatic N) is 2. The molecule has 2 N–H and O–H groups in total. The molecule has 1 atom stereocenters. The minimum atomic E-state index is 0.234. The maximum atomic E-state index is 5.90. The molecular weight excluding hydrogens is 170 g/mol. The predicted molar refractivity (Wildman–Crippen MR) is 51.0 cm³/mol. The van der Waals surface area contributed by atoms with E-state index in [1.165, 1.54) is 0 Å². The van der Waals surface area contributed by atoms with Gasteiger partial charge in [-0.3, -0.25) is 0 Å². The second kappa shape index (κ2) is 4.52. The van der Waals surface area contributed by atoms with Crippen LogP contribution in [-0.4, -0.2) is 16.2 Å². The molecule has 0 fully saturated rings. The van der Waals surface area contributed by atoms with Crippen LogP contribution in [0, 0.1) is 5.92 Å². The zero-order valence-electron chi connectivity index (χ0n) is 7.53. The van der Waals surface area contributed by atoms with E-state index in [0.717, 1.165) is 17.8 Å². The van der Waals surface area contributed by atoms with Crippen LogP contribution in [0.3, 0.4) is 0 Å². The average molecular weight is 185 g/mol. The molecular formula is C8H15N3S. The van der Waals surface area contributed by atoms with E-state index in [4.69, 9.17) is 5.73 Å². The van der Waals surface area contributed by atoms with Crippen molar-refractivity contribution in [2.45, 2.75) is 32.7 Å². The summed E-state index contributed by atoms with van der Waals surface area (Å²) in [7, 11) is 0. The third-order valence-electron chi connectivity index (χ3n) is 1.62. The highest BCUT2D eigenvalue weighted by Gasteiger charge is 2.08. The number of rotatable bonds is 4. The molecule has 0 bridgehead atoms. The zero-order chi connectivity index (χ0) is 8.97. The average Bonchev–Trinajstić information content (AvgIpc) is 2.37. The van der Waals surface area contributed by atoms with Crippen molar-refractivity contribution in [3.63, 3.8) is 0 Å². The lowest BCUT2D eigenvalue weighted by atomic mass is 10.0. The number of aromatic nitrogens is 2. The van der Waals surface area contributed by atoms with E-state index in [1.54, 1.807) is 16.8 Å². The summed E-state index contributed by atoms with van der Waals surface area (Å²) >= 11 is 1.58. The molecule has 0 saturated carbocycles. The van der Waals surface area contributed by atoms with E-state index in [0.29, 0.717) is 5.92 Å². The first-order valence-corrected chi connectivity index (χ1v) is 5.07. The first kappa shape index (κ1) is 9.61. The molecule has 1 heterocycles. The SMILES string of the molecule is CC(C)CC(N)Cc1nncs1. The lowest BCUT2D eigenvalue weighted by Crippen LogP contribution is -2.24. The molecule has 4 heteroatoms. The van der Waals surface area contributed by atoms with Crippen LogP contribution < -0.4 is 5.73 Å². The van der Waals surface area contributed by atoms with Gasteiger partial charge in [-0.2, -0.15) is 0 Å². The third-order valence-corrected chi connectivity index (χ3v) is 2.34. The van der Waals surface area contributed by atoms with Crippen LogP contribution in [0.5, 0.6) is 0 Å². The molecule has 0 radical (unpaired) electrons. The molecule has 0 amide bonds. The van der Waals surface area contributed by atoms with Crippen LogP contribution in [0.1, 0.15) is 25.3 Å². The highest BCUT2D eigenvalue weighted by molar-refractivity contribution is 7.09. The van der Waals surface area contributed by atoms with Crippen molar-refractivity contribution in [3.8, 4) is 0 Å². The Labute approximate surface area is 77.0 Å². The highest BCUT2D eigenvalue weighted by Crippen LogP contribution is 2.09. The van der Waals surface area contributed by atoms with E-state index < -0.39 is 0 Å². The Balaban J connectivity index is 2.32. The van der Waals surface area contributed by atoms with Crippen molar-refractivity contribution in [3.05, 3.63) is 10.5 Å². The Hall–Kier alpha value is -0.480. The second-order valence-electron chi connectivity index (χ2n) is 3.43. The standard InChI is InChI=1S/C8H15N3S/c1-6(2)3-7(9)4-8-11-10-5-12-8/h5-7H,3-4,9H2,1-2H3. The Morgan fingerprint density at radius 2 is 2.33 bits per heavy atom. The fraction of sp³-hybridized carbons (Fsp3) is 0.750. The van der Waals surface area contributed by atoms with E-state index in [2.05, 4.69) is 24.0 Å². The summed E-state index contributed by atoms with van der Waals surface area (Å²) in [4.78, 5) is 0. The Kier molecular flexibility index (Phi) is 3.62. The largest absolute Gasteiger partial charge is 0.327 e. The van der Waals surface area contributed by atoms with E-state index in [9.17, 15) is 0 Å². The van der Waals surface area contributed by atoms with Crippen LogP contribution in [0.4, 0.5) is 0 Å². The van der Waals surface area contributed by atoms with Gasteiger partial charge in [0, 0.05) is 12.5 Å². The Morgan fingerprint density at radius 3 is 2.83 bits per heavy atom. The van der Waals surface area contributed by atoms with Gasteiger partial charge in [-0.25, -0.2) is 0 Å². The van der Waals surface area contributed by atoms with Crippen molar-refractivity contribution in [2.24, 2.45) is 11.7 Å². The molecule has 3 nitrogen and oxygen atoms in total. The second-order valence-corrected chi connectivity index (χ2v) is 4.34. The van der Waals surface area contributed by atoms with Gasteiger partial charge in [0.05, 0.1) is 0 Å².